The summed E-state index contributed by atoms with van der Waals surface area (Å²) in [5.74, 6) is -0.162. The molecule has 306 valence electrons. The molecule has 3 nitrogen and oxygen atoms in total. The lowest BCUT2D eigenvalue weighted by Gasteiger charge is -2.31. The van der Waals surface area contributed by atoms with Gasteiger partial charge in [0.1, 0.15) is 17.0 Å². The smallest absolute Gasteiger partial charge is 0.143 e. The van der Waals surface area contributed by atoms with E-state index in [-0.39, 0.29) is 18.3 Å². The van der Waals surface area contributed by atoms with Crippen LogP contribution in [0, 0.1) is 0 Å². The number of fused-ring (bicyclic) bond motifs is 12. The van der Waals surface area contributed by atoms with E-state index in [2.05, 4.69) is 192 Å². The number of hydrogen-bond acceptors (Lipinski definition) is 2. The van der Waals surface area contributed by atoms with Crippen LogP contribution in [-0.2, 0) is 6.42 Å². The van der Waals surface area contributed by atoms with Gasteiger partial charge >= 0.3 is 0 Å². The summed E-state index contributed by atoms with van der Waals surface area (Å²) in [5, 5.41) is 11.9. The largest absolute Gasteiger partial charge is 0.455 e. The standard InChI is InChI=1S/C60H43FN2O/c1-39-15-3-2-4-25-55(61)58(62(39)43-34-35-49-47-19-6-5-17-45(47)46-18-7-8-20-48(46)53(49)38-43)27-13-16-40-29-36-57-54(37-40)50-21-9-11-26-56(50)63(57)42-32-30-41(31-33-42)44-23-14-24-52-51-22-10-12-28-59(51)64-60(44)52/h2-15,17-24,26-39H,16,25H2,1H3/b4-2-,15-3-,27-13-,58-55+. The Morgan fingerprint density at radius 2 is 1.20 bits per heavy atom. The average Bonchev–Trinajstić information content (AvgIpc) is 3.90. The van der Waals surface area contributed by atoms with Crippen molar-refractivity contribution in [2.75, 3.05) is 4.90 Å². The molecular weight excluding hydrogens is 784 g/mol. The molecule has 1 aliphatic heterocycles. The molecule has 64 heavy (non-hydrogen) atoms. The quantitative estimate of drug-likeness (QED) is 0.156. The molecule has 0 N–H and O–H groups in total. The lowest BCUT2D eigenvalue weighted by molar-refractivity contribution is 0.598. The highest BCUT2D eigenvalue weighted by atomic mass is 19.1. The number of benzene rings is 9. The SMILES string of the molecule is CC1/C=C\C=C/C/C(F)=C(/C=C\Cc2ccc3c(c2)c2ccccc2n3-c2ccc(-c3cccc4c3oc3ccccc34)cc2)N1c1ccc2c3ccccc3c3ccccc3c2c1. The van der Waals surface area contributed by atoms with Crippen LogP contribution in [0.15, 0.2) is 228 Å². The van der Waals surface area contributed by atoms with E-state index in [1.807, 2.05) is 36.4 Å². The van der Waals surface area contributed by atoms with Crippen LogP contribution in [0.3, 0.4) is 0 Å². The van der Waals surface area contributed by atoms with Crippen LogP contribution in [0.5, 0.6) is 0 Å². The summed E-state index contributed by atoms with van der Waals surface area (Å²) in [6.45, 7) is 2.14. The van der Waals surface area contributed by atoms with E-state index in [9.17, 15) is 0 Å². The zero-order valence-corrected chi connectivity index (χ0v) is 35.4. The Kier molecular flexibility index (Phi) is 9.12. The van der Waals surface area contributed by atoms with Crippen molar-refractivity contribution in [2.24, 2.45) is 0 Å². The van der Waals surface area contributed by atoms with Crippen molar-refractivity contribution in [3.05, 3.63) is 229 Å². The van der Waals surface area contributed by atoms with Crippen molar-refractivity contribution in [3.63, 3.8) is 0 Å². The van der Waals surface area contributed by atoms with Gasteiger partial charge < -0.3 is 13.9 Å². The van der Waals surface area contributed by atoms with Gasteiger partial charge in [-0.25, -0.2) is 4.39 Å². The Balaban J connectivity index is 0.892. The number of allylic oxidation sites excluding steroid dienone is 6. The first-order valence-electron chi connectivity index (χ1n) is 22.1. The molecule has 9 aromatic carbocycles. The molecule has 0 aliphatic carbocycles. The minimum absolute atomic E-state index is 0.104. The third-order valence-electron chi connectivity index (χ3n) is 13.1. The fourth-order valence-corrected chi connectivity index (χ4v) is 10.1. The van der Waals surface area contributed by atoms with E-state index >= 15 is 4.39 Å². The summed E-state index contributed by atoms with van der Waals surface area (Å²) >= 11 is 0. The lowest BCUT2D eigenvalue weighted by atomic mass is 9.94. The first kappa shape index (κ1) is 37.8. The third-order valence-corrected chi connectivity index (χ3v) is 13.1. The van der Waals surface area contributed by atoms with Gasteiger partial charge in [0.05, 0.1) is 16.7 Å². The maximum Gasteiger partial charge on any atom is 0.143 e. The first-order valence-corrected chi connectivity index (χ1v) is 22.1. The molecule has 0 amide bonds. The normalized spacial score (nSPS) is 17.0. The molecule has 1 aliphatic rings. The van der Waals surface area contributed by atoms with Gasteiger partial charge in [-0.1, -0.05) is 158 Å². The van der Waals surface area contributed by atoms with Crippen LogP contribution >= 0.6 is 0 Å². The van der Waals surface area contributed by atoms with E-state index < -0.39 is 0 Å². The van der Waals surface area contributed by atoms with Gasteiger partial charge in [0.2, 0.25) is 0 Å². The first-order chi connectivity index (χ1) is 31.6. The van der Waals surface area contributed by atoms with Gasteiger partial charge in [-0.2, -0.15) is 0 Å². The molecule has 0 saturated heterocycles. The minimum Gasteiger partial charge on any atom is -0.455 e. The van der Waals surface area contributed by atoms with Crippen molar-refractivity contribution in [1.82, 2.24) is 4.57 Å². The molecule has 3 heterocycles. The molecule has 4 heteroatoms. The molecular formula is C60H43FN2O. The summed E-state index contributed by atoms with van der Waals surface area (Å²) in [5.41, 5.74) is 10.1. The second kappa shape index (κ2) is 15.4. The zero-order chi connectivity index (χ0) is 42.7. The summed E-state index contributed by atoms with van der Waals surface area (Å²) in [6.07, 6.45) is 13.0. The Labute approximate surface area is 370 Å². The molecule has 0 fully saturated rings. The number of halogens is 1. The molecule has 1 atom stereocenters. The summed E-state index contributed by atoms with van der Waals surface area (Å²) in [7, 11) is 0. The highest BCUT2D eigenvalue weighted by Gasteiger charge is 2.22. The third kappa shape index (κ3) is 6.25. The number of hydrogen-bond donors (Lipinski definition) is 0. The van der Waals surface area contributed by atoms with Gasteiger partial charge in [0.15, 0.2) is 0 Å². The number of aromatic nitrogens is 1. The Morgan fingerprint density at radius 3 is 1.98 bits per heavy atom. The van der Waals surface area contributed by atoms with Crippen LogP contribution in [0.4, 0.5) is 10.1 Å². The Hall–Kier alpha value is -7.95. The molecule has 0 radical (unpaired) electrons. The zero-order valence-electron chi connectivity index (χ0n) is 35.4. The van der Waals surface area contributed by atoms with Gasteiger partial charge in [-0.05, 0) is 111 Å². The van der Waals surface area contributed by atoms with Crippen molar-refractivity contribution in [3.8, 4) is 16.8 Å². The number of para-hydroxylation sites is 3. The predicted molar refractivity (Wildman–Crippen MR) is 268 cm³/mol. The van der Waals surface area contributed by atoms with Crippen molar-refractivity contribution >= 4 is 81.7 Å². The Bertz CT molecular complexity index is 3730. The Morgan fingerprint density at radius 1 is 0.562 bits per heavy atom. The molecule has 11 aromatic rings. The maximum atomic E-state index is 16.6. The lowest BCUT2D eigenvalue weighted by Crippen LogP contribution is -2.31. The van der Waals surface area contributed by atoms with Crippen LogP contribution < -0.4 is 4.90 Å². The van der Waals surface area contributed by atoms with Crippen LogP contribution in [0.2, 0.25) is 0 Å². The van der Waals surface area contributed by atoms with Gasteiger partial charge in [-0.3, -0.25) is 0 Å². The highest BCUT2D eigenvalue weighted by molar-refractivity contribution is 6.25. The number of rotatable bonds is 6. The maximum absolute atomic E-state index is 16.6. The van der Waals surface area contributed by atoms with Crippen molar-refractivity contribution < 1.29 is 8.81 Å². The number of furan rings is 1. The van der Waals surface area contributed by atoms with E-state index in [0.717, 1.165) is 66.4 Å². The summed E-state index contributed by atoms with van der Waals surface area (Å²) in [6, 6.07) is 62.5. The fraction of sp³-hybridized carbons (Fsp3) is 0.0667. The van der Waals surface area contributed by atoms with E-state index in [4.69, 9.17) is 4.42 Å². The summed E-state index contributed by atoms with van der Waals surface area (Å²) < 4.78 is 25.3. The van der Waals surface area contributed by atoms with Crippen molar-refractivity contribution in [2.45, 2.75) is 25.8 Å². The molecule has 0 spiro atoms. The van der Waals surface area contributed by atoms with Gasteiger partial charge in [-0.15, -0.1) is 0 Å². The second-order valence-corrected chi connectivity index (χ2v) is 16.9. The molecule has 12 rings (SSSR count). The fourth-order valence-electron chi connectivity index (χ4n) is 10.1. The average molecular weight is 827 g/mol. The molecule has 0 saturated carbocycles. The minimum atomic E-state index is -0.162. The topological polar surface area (TPSA) is 21.3 Å². The molecule has 1 unspecified atom stereocenters. The number of nitrogens with zero attached hydrogens (tertiary/aromatic N) is 2. The van der Waals surface area contributed by atoms with Crippen LogP contribution in [0.1, 0.15) is 18.9 Å². The highest BCUT2D eigenvalue weighted by Crippen LogP contribution is 2.40. The van der Waals surface area contributed by atoms with Crippen molar-refractivity contribution in [1.29, 1.82) is 0 Å². The summed E-state index contributed by atoms with van der Waals surface area (Å²) in [4.78, 5) is 2.15. The second-order valence-electron chi connectivity index (χ2n) is 16.9. The molecule has 2 aromatic heterocycles. The monoisotopic (exact) mass is 826 g/mol. The van der Waals surface area contributed by atoms with Gasteiger partial charge in [0.25, 0.3) is 0 Å². The molecule has 0 bridgehead atoms. The van der Waals surface area contributed by atoms with E-state index in [0.29, 0.717) is 12.1 Å². The predicted octanol–water partition coefficient (Wildman–Crippen LogP) is 16.5. The van der Waals surface area contributed by atoms with Crippen LogP contribution in [-0.4, -0.2) is 10.6 Å². The van der Waals surface area contributed by atoms with Crippen LogP contribution in [0.25, 0.3) is 92.9 Å². The van der Waals surface area contributed by atoms with E-state index in [1.165, 1.54) is 37.7 Å². The van der Waals surface area contributed by atoms with E-state index in [1.54, 1.807) is 0 Å². The number of anilines is 1. The van der Waals surface area contributed by atoms with Gasteiger partial charge in [0, 0.05) is 50.9 Å².